The van der Waals surface area contributed by atoms with Crippen LogP contribution in [0.2, 0.25) is 0 Å². The van der Waals surface area contributed by atoms with Crippen LogP contribution in [0, 0.1) is 0 Å². The summed E-state index contributed by atoms with van der Waals surface area (Å²) in [5.74, 6) is -1.11. The summed E-state index contributed by atoms with van der Waals surface area (Å²) < 4.78 is 25.9. The minimum Gasteiger partial charge on any atom is -0.481 e. The number of carboxylic acids is 1. The van der Waals surface area contributed by atoms with Crippen LogP contribution in [-0.2, 0) is 14.8 Å². The first-order valence-corrected chi connectivity index (χ1v) is 7.14. The van der Waals surface area contributed by atoms with E-state index in [-0.39, 0.29) is 30.1 Å². The fourth-order valence-corrected chi connectivity index (χ4v) is 2.47. The van der Waals surface area contributed by atoms with E-state index in [1.807, 2.05) is 0 Å². The number of sulfonamides is 1. The van der Waals surface area contributed by atoms with E-state index in [2.05, 4.69) is 4.72 Å². The van der Waals surface area contributed by atoms with Gasteiger partial charge in [-0.05, 0) is 25.5 Å². The molecule has 0 bridgehead atoms. The van der Waals surface area contributed by atoms with Crippen LogP contribution in [0.1, 0.15) is 30.1 Å². The van der Waals surface area contributed by atoms with Gasteiger partial charge in [-0.3, -0.25) is 9.59 Å². The van der Waals surface area contributed by atoms with Crippen molar-refractivity contribution in [3.05, 3.63) is 29.8 Å². The second-order valence-electron chi connectivity index (χ2n) is 3.98. The van der Waals surface area contributed by atoms with Crippen molar-refractivity contribution in [3.63, 3.8) is 0 Å². The molecule has 0 fully saturated rings. The quantitative estimate of drug-likeness (QED) is 0.575. The topological polar surface area (TPSA) is 101 Å². The van der Waals surface area contributed by atoms with Crippen LogP contribution in [0.25, 0.3) is 0 Å². The van der Waals surface area contributed by atoms with Gasteiger partial charge in [-0.2, -0.15) is 0 Å². The van der Waals surface area contributed by atoms with Crippen molar-refractivity contribution in [2.45, 2.75) is 24.7 Å². The Labute approximate surface area is 111 Å². The van der Waals surface area contributed by atoms with Gasteiger partial charge in [-0.15, -0.1) is 0 Å². The summed E-state index contributed by atoms with van der Waals surface area (Å²) >= 11 is 0. The molecule has 0 spiro atoms. The Hall–Kier alpha value is -1.73. The van der Waals surface area contributed by atoms with Gasteiger partial charge >= 0.3 is 5.97 Å². The molecule has 0 aliphatic carbocycles. The van der Waals surface area contributed by atoms with Crippen LogP contribution >= 0.6 is 0 Å². The molecule has 0 heterocycles. The monoisotopic (exact) mass is 285 g/mol. The summed E-state index contributed by atoms with van der Waals surface area (Å²) in [4.78, 5) is 21.4. The van der Waals surface area contributed by atoms with Crippen LogP contribution in [0.3, 0.4) is 0 Å². The lowest BCUT2D eigenvalue weighted by molar-refractivity contribution is -0.137. The maximum absolute atomic E-state index is 11.8. The number of benzene rings is 1. The molecule has 6 nitrogen and oxygen atoms in total. The Bertz CT molecular complexity index is 562. The Morgan fingerprint density at radius 1 is 1.21 bits per heavy atom. The average molecular weight is 285 g/mol. The van der Waals surface area contributed by atoms with Gasteiger partial charge in [0.1, 0.15) is 0 Å². The normalized spacial score (nSPS) is 11.2. The SMILES string of the molecule is CC(=O)c1ccc(S(=O)(=O)NCCCC(=O)O)cc1. The maximum atomic E-state index is 11.8. The molecule has 0 amide bonds. The van der Waals surface area contributed by atoms with Gasteiger partial charge in [0.15, 0.2) is 5.78 Å². The first-order valence-electron chi connectivity index (χ1n) is 5.65. The van der Waals surface area contributed by atoms with Gasteiger partial charge in [-0.25, -0.2) is 13.1 Å². The van der Waals surface area contributed by atoms with Gasteiger partial charge in [-0.1, -0.05) is 12.1 Å². The predicted octanol–water partition coefficient (Wildman–Crippen LogP) is 1.03. The number of aliphatic carboxylic acids is 1. The minimum absolute atomic E-state index is 0.0489. The minimum atomic E-state index is -3.65. The second kappa shape index (κ2) is 6.44. The first kappa shape index (κ1) is 15.3. The Morgan fingerprint density at radius 3 is 2.26 bits per heavy atom. The molecule has 0 saturated carbocycles. The Morgan fingerprint density at radius 2 is 1.79 bits per heavy atom. The van der Waals surface area contributed by atoms with Crippen molar-refractivity contribution in [2.24, 2.45) is 0 Å². The number of carboxylic acid groups (broad SMARTS) is 1. The molecule has 1 aromatic carbocycles. The molecule has 0 atom stereocenters. The van der Waals surface area contributed by atoms with Crippen molar-refractivity contribution >= 4 is 21.8 Å². The molecule has 7 heteroatoms. The zero-order chi connectivity index (χ0) is 14.5. The van der Waals surface area contributed by atoms with Crippen molar-refractivity contribution in [1.82, 2.24) is 4.72 Å². The standard InChI is InChI=1S/C12H15NO5S/c1-9(14)10-4-6-11(7-5-10)19(17,18)13-8-2-3-12(15)16/h4-7,13H,2-3,8H2,1H3,(H,15,16). The molecule has 1 rings (SSSR count). The highest BCUT2D eigenvalue weighted by Gasteiger charge is 2.13. The molecule has 2 N–H and O–H groups in total. The third-order valence-corrected chi connectivity index (χ3v) is 3.91. The molecule has 0 aromatic heterocycles. The number of Topliss-reactive ketones (excluding diaryl/α,β-unsaturated/α-hetero) is 1. The molecule has 19 heavy (non-hydrogen) atoms. The number of hydrogen-bond acceptors (Lipinski definition) is 4. The number of carbonyl (C=O) groups is 2. The zero-order valence-electron chi connectivity index (χ0n) is 10.4. The molecular weight excluding hydrogens is 270 g/mol. The molecule has 104 valence electrons. The van der Waals surface area contributed by atoms with Gasteiger partial charge < -0.3 is 5.11 Å². The zero-order valence-corrected chi connectivity index (χ0v) is 11.2. The van der Waals surface area contributed by atoms with Crippen molar-refractivity contribution < 1.29 is 23.1 Å². The van der Waals surface area contributed by atoms with Gasteiger partial charge in [0, 0.05) is 18.5 Å². The molecule has 0 radical (unpaired) electrons. The summed E-state index contributed by atoms with van der Waals surface area (Å²) in [6, 6.07) is 5.56. The lowest BCUT2D eigenvalue weighted by atomic mass is 10.2. The van der Waals surface area contributed by atoms with Crippen molar-refractivity contribution in [1.29, 1.82) is 0 Å². The van der Waals surface area contributed by atoms with E-state index >= 15 is 0 Å². The van der Waals surface area contributed by atoms with Crippen LogP contribution in [0.5, 0.6) is 0 Å². The third kappa shape index (κ3) is 4.80. The molecule has 1 aromatic rings. The van der Waals surface area contributed by atoms with Gasteiger partial charge in [0.25, 0.3) is 0 Å². The first-order chi connectivity index (χ1) is 8.83. The summed E-state index contributed by atoms with van der Waals surface area (Å²) in [7, 11) is -3.65. The summed E-state index contributed by atoms with van der Waals surface area (Å²) in [6.45, 7) is 1.46. The summed E-state index contributed by atoms with van der Waals surface area (Å²) in [6.07, 6.45) is 0.131. The van der Waals surface area contributed by atoms with Crippen LogP contribution in [-0.4, -0.2) is 31.8 Å². The third-order valence-electron chi connectivity index (χ3n) is 2.43. The van der Waals surface area contributed by atoms with Crippen molar-refractivity contribution in [2.75, 3.05) is 6.54 Å². The van der Waals surface area contributed by atoms with Gasteiger partial charge in [0.05, 0.1) is 4.90 Å². The smallest absolute Gasteiger partial charge is 0.303 e. The van der Waals surface area contributed by atoms with E-state index < -0.39 is 16.0 Å². The highest BCUT2D eigenvalue weighted by atomic mass is 32.2. The average Bonchev–Trinajstić information content (AvgIpc) is 2.34. The second-order valence-corrected chi connectivity index (χ2v) is 5.74. The molecule has 0 unspecified atom stereocenters. The maximum Gasteiger partial charge on any atom is 0.303 e. The molecule has 0 saturated heterocycles. The van der Waals surface area contributed by atoms with Crippen LogP contribution in [0.4, 0.5) is 0 Å². The van der Waals surface area contributed by atoms with Crippen LogP contribution < -0.4 is 4.72 Å². The summed E-state index contributed by atoms with van der Waals surface area (Å²) in [5, 5.41) is 8.43. The van der Waals surface area contributed by atoms with Crippen LogP contribution in [0.15, 0.2) is 29.2 Å². The highest BCUT2D eigenvalue weighted by molar-refractivity contribution is 7.89. The number of carbonyl (C=O) groups excluding carboxylic acids is 1. The fraction of sp³-hybridized carbons (Fsp3) is 0.333. The number of rotatable bonds is 7. The largest absolute Gasteiger partial charge is 0.481 e. The van der Waals surface area contributed by atoms with E-state index in [4.69, 9.17) is 5.11 Å². The van der Waals surface area contributed by atoms with Crippen molar-refractivity contribution in [3.8, 4) is 0 Å². The van der Waals surface area contributed by atoms with E-state index in [0.29, 0.717) is 5.56 Å². The summed E-state index contributed by atoms with van der Waals surface area (Å²) in [5.41, 5.74) is 0.435. The van der Waals surface area contributed by atoms with E-state index in [9.17, 15) is 18.0 Å². The van der Waals surface area contributed by atoms with E-state index in [1.54, 1.807) is 0 Å². The fourth-order valence-electron chi connectivity index (χ4n) is 1.40. The van der Waals surface area contributed by atoms with E-state index in [1.165, 1.54) is 31.2 Å². The Balaban J connectivity index is 2.66. The number of hydrogen-bond donors (Lipinski definition) is 2. The number of nitrogens with one attached hydrogen (secondary N) is 1. The highest BCUT2D eigenvalue weighted by Crippen LogP contribution is 2.11. The predicted molar refractivity (Wildman–Crippen MR) is 68.5 cm³/mol. The molecule has 0 aliphatic heterocycles. The Kier molecular flexibility index (Phi) is 5.20. The number of ketones is 1. The van der Waals surface area contributed by atoms with E-state index in [0.717, 1.165) is 0 Å². The van der Waals surface area contributed by atoms with Gasteiger partial charge in [0.2, 0.25) is 10.0 Å². The lowest BCUT2D eigenvalue weighted by Crippen LogP contribution is -2.25. The lowest BCUT2D eigenvalue weighted by Gasteiger charge is -2.06. The molecule has 0 aliphatic rings. The molecular formula is C12H15NO5S.